The van der Waals surface area contributed by atoms with Crippen molar-refractivity contribution in [3.05, 3.63) is 70.9 Å². The first-order valence-corrected chi connectivity index (χ1v) is 12.3. The molecule has 0 saturated carbocycles. The van der Waals surface area contributed by atoms with Gasteiger partial charge in [0.25, 0.3) is 0 Å². The summed E-state index contributed by atoms with van der Waals surface area (Å²) in [6, 6.07) is 17.0. The number of carbonyl (C=O) groups excluding carboxylic acids is 1. The molecule has 0 aliphatic rings. The van der Waals surface area contributed by atoms with Gasteiger partial charge in [0.15, 0.2) is 0 Å². The maximum Gasteiger partial charge on any atom is 0.234 e. The number of carbonyl (C=O) groups is 1. The average molecular weight is 497 g/mol. The fourth-order valence-corrected chi connectivity index (χ4v) is 5.01. The Bertz CT molecular complexity index is 1290. The number of para-hydroxylation sites is 1. The number of thiazole rings is 1. The normalized spacial score (nSPS) is 10.8. The summed E-state index contributed by atoms with van der Waals surface area (Å²) >= 11 is 8.99. The van der Waals surface area contributed by atoms with E-state index < -0.39 is 0 Å². The first-order valence-electron chi connectivity index (χ1n) is 10.1. The maximum absolute atomic E-state index is 12.3. The Balaban J connectivity index is 1.43. The van der Waals surface area contributed by atoms with Crippen molar-refractivity contribution >= 4 is 46.3 Å². The highest BCUT2D eigenvalue weighted by atomic mass is 35.5. The van der Waals surface area contributed by atoms with Gasteiger partial charge in [0.1, 0.15) is 21.5 Å². The molecule has 0 atom stereocenters. The lowest BCUT2D eigenvalue weighted by Gasteiger charge is -2.09. The Labute approximate surface area is 205 Å². The number of aromatic nitrogens is 3. The average Bonchev–Trinajstić information content (AvgIpc) is 3.22. The van der Waals surface area contributed by atoms with Gasteiger partial charge >= 0.3 is 0 Å². The number of hydrogen-bond acceptors (Lipinski definition) is 7. The van der Waals surface area contributed by atoms with Gasteiger partial charge in [-0.2, -0.15) is 0 Å². The molecule has 2 aromatic carbocycles. The Morgan fingerprint density at radius 2 is 1.91 bits per heavy atom. The fraction of sp³-hybridized carbons (Fsp3) is 0.167. The molecule has 1 amide bonds. The predicted molar refractivity (Wildman–Crippen MR) is 135 cm³/mol. The number of thioether (sulfide) groups is 1. The summed E-state index contributed by atoms with van der Waals surface area (Å²) in [6.07, 6.45) is 0. The van der Waals surface area contributed by atoms with Crippen molar-refractivity contribution in [2.24, 2.45) is 0 Å². The van der Waals surface area contributed by atoms with Gasteiger partial charge in [-0.15, -0.1) is 21.5 Å². The van der Waals surface area contributed by atoms with Crippen LogP contribution < -0.4 is 10.1 Å². The molecule has 1 N–H and O–H groups in total. The van der Waals surface area contributed by atoms with Crippen molar-refractivity contribution in [2.45, 2.75) is 18.9 Å². The molecule has 0 fully saturated rings. The standard InChI is InChI=1S/C24H21ClN4O2S2/c1-14-17(25)8-6-9-18(14)27-21(30)13-32-22-12-11-19(28-29-22)23-15(2)26-24(33-23)16-7-4-5-10-20(16)31-3/h4-12H,13H2,1-3H3,(H,27,30). The van der Waals surface area contributed by atoms with E-state index in [0.29, 0.717) is 15.7 Å². The number of aryl methyl sites for hydroxylation is 1. The summed E-state index contributed by atoms with van der Waals surface area (Å²) in [5, 5.41) is 13.7. The molecule has 0 spiro atoms. The Morgan fingerprint density at radius 1 is 1.09 bits per heavy atom. The number of amides is 1. The quantitative estimate of drug-likeness (QED) is 0.303. The third-order valence-electron chi connectivity index (χ3n) is 4.90. The first-order chi connectivity index (χ1) is 16.0. The number of ether oxygens (including phenoxy) is 1. The van der Waals surface area contributed by atoms with Crippen LogP contribution in [0.3, 0.4) is 0 Å². The number of rotatable bonds is 7. The third kappa shape index (κ3) is 5.35. The van der Waals surface area contributed by atoms with Crippen LogP contribution in [0.5, 0.6) is 5.75 Å². The van der Waals surface area contributed by atoms with E-state index in [9.17, 15) is 4.79 Å². The van der Waals surface area contributed by atoms with E-state index in [4.69, 9.17) is 21.3 Å². The summed E-state index contributed by atoms with van der Waals surface area (Å²) in [6.45, 7) is 3.83. The second kappa shape index (κ2) is 10.3. The van der Waals surface area contributed by atoms with Gasteiger partial charge in [-0.05, 0) is 55.8 Å². The molecule has 33 heavy (non-hydrogen) atoms. The van der Waals surface area contributed by atoms with Crippen LogP contribution in [0.2, 0.25) is 5.02 Å². The smallest absolute Gasteiger partial charge is 0.234 e. The lowest BCUT2D eigenvalue weighted by molar-refractivity contribution is -0.113. The summed E-state index contributed by atoms with van der Waals surface area (Å²) < 4.78 is 5.46. The molecule has 4 aromatic rings. The largest absolute Gasteiger partial charge is 0.496 e. The number of hydrogen-bond donors (Lipinski definition) is 1. The molecule has 6 nitrogen and oxygen atoms in total. The van der Waals surface area contributed by atoms with Gasteiger partial charge in [-0.1, -0.05) is 41.6 Å². The molecule has 4 rings (SSSR count). The molecular formula is C24H21ClN4O2S2. The van der Waals surface area contributed by atoms with E-state index in [1.54, 1.807) is 24.5 Å². The second-order valence-electron chi connectivity index (χ2n) is 7.14. The van der Waals surface area contributed by atoms with E-state index in [1.807, 2.05) is 62.4 Å². The molecule has 0 radical (unpaired) electrons. The summed E-state index contributed by atoms with van der Waals surface area (Å²) in [5.74, 6) is 0.871. The summed E-state index contributed by atoms with van der Waals surface area (Å²) in [4.78, 5) is 18.0. The van der Waals surface area contributed by atoms with Crippen LogP contribution in [-0.4, -0.2) is 34.0 Å². The van der Waals surface area contributed by atoms with Crippen molar-refractivity contribution in [2.75, 3.05) is 18.2 Å². The number of halogens is 1. The first kappa shape index (κ1) is 23.2. The van der Waals surface area contributed by atoms with Crippen LogP contribution >= 0.6 is 34.7 Å². The molecule has 0 aliphatic heterocycles. The van der Waals surface area contributed by atoms with E-state index in [2.05, 4.69) is 15.5 Å². The fourth-order valence-electron chi connectivity index (χ4n) is 3.16. The molecule has 2 aromatic heterocycles. The Hall–Kier alpha value is -2.94. The molecule has 0 aliphatic carbocycles. The number of nitrogens with one attached hydrogen (secondary N) is 1. The lowest BCUT2D eigenvalue weighted by Crippen LogP contribution is -2.15. The van der Waals surface area contributed by atoms with Crippen LogP contribution in [0, 0.1) is 13.8 Å². The minimum Gasteiger partial charge on any atom is -0.496 e. The predicted octanol–water partition coefficient (Wildman–Crippen LogP) is 6.28. The number of benzene rings is 2. The summed E-state index contributed by atoms with van der Waals surface area (Å²) in [5.41, 5.74) is 4.12. The third-order valence-corrected chi connectivity index (χ3v) is 7.44. The van der Waals surface area contributed by atoms with Crippen molar-refractivity contribution in [3.63, 3.8) is 0 Å². The molecule has 0 bridgehead atoms. The monoisotopic (exact) mass is 496 g/mol. The molecule has 2 heterocycles. The van der Waals surface area contributed by atoms with E-state index >= 15 is 0 Å². The topological polar surface area (TPSA) is 77.0 Å². The van der Waals surface area contributed by atoms with E-state index in [-0.39, 0.29) is 11.7 Å². The molecule has 0 unspecified atom stereocenters. The highest BCUT2D eigenvalue weighted by Crippen LogP contribution is 2.38. The van der Waals surface area contributed by atoms with Gasteiger partial charge in [-0.25, -0.2) is 4.98 Å². The highest BCUT2D eigenvalue weighted by molar-refractivity contribution is 7.99. The highest BCUT2D eigenvalue weighted by Gasteiger charge is 2.16. The van der Waals surface area contributed by atoms with Crippen molar-refractivity contribution in [1.29, 1.82) is 0 Å². The van der Waals surface area contributed by atoms with Crippen molar-refractivity contribution in [1.82, 2.24) is 15.2 Å². The molecule has 9 heteroatoms. The minimum atomic E-state index is -0.129. The van der Waals surface area contributed by atoms with Gasteiger partial charge in [0.2, 0.25) is 5.91 Å². The zero-order valence-corrected chi connectivity index (χ0v) is 20.6. The van der Waals surface area contributed by atoms with Crippen LogP contribution in [0.25, 0.3) is 21.1 Å². The number of nitrogens with zero attached hydrogens (tertiary/aromatic N) is 3. The van der Waals surface area contributed by atoms with Crippen molar-refractivity contribution < 1.29 is 9.53 Å². The van der Waals surface area contributed by atoms with Gasteiger partial charge < -0.3 is 10.1 Å². The van der Waals surface area contributed by atoms with E-state index in [1.165, 1.54) is 11.8 Å². The van der Waals surface area contributed by atoms with Gasteiger partial charge in [-0.3, -0.25) is 4.79 Å². The van der Waals surface area contributed by atoms with Crippen LogP contribution in [0.1, 0.15) is 11.3 Å². The minimum absolute atomic E-state index is 0.129. The maximum atomic E-state index is 12.3. The summed E-state index contributed by atoms with van der Waals surface area (Å²) in [7, 11) is 1.65. The van der Waals surface area contributed by atoms with Gasteiger partial charge in [0.05, 0.1) is 29.0 Å². The molecule has 168 valence electrons. The van der Waals surface area contributed by atoms with Gasteiger partial charge in [0, 0.05) is 10.7 Å². The Kier molecular flexibility index (Phi) is 7.27. The number of anilines is 1. The van der Waals surface area contributed by atoms with Crippen molar-refractivity contribution in [3.8, 4) is 26.9 Å². The zero-order valence-electron chi connectivity index (χ0n) is 18.3. The SMILES string of the molecule is COc1ccccc1-c1nc(C)c(-c2ccc(SCC(=O)Nc3cccc(Cl)c3C)nn2)s1. The zero-order chi connectivity index (χ0) is 23.4. The van der Waals surface area contributed by atoms with E-state index in [0.717, 1.165) is 38.1 Å². The van der Waals surface area contributed by atoms with Crippen LogP contribution in [0.15, 0.2) is 59.6 Å². The van der Waals surface area contributed by atoms with Crippen LogP contribution in [-0.2, 0) is 4.79 Å². The number of methoxy groups -OCH3 is 1. The lowest BCUT2D eigenvalue weighted by atomic mass is 10.2. The molecule has 0 saturated heterocycles. The molecular weight excluding hydrogens is 476 g/mol. The Morgan fingerprint density at radius 3 is 2.67 bits per heavy atom. The second-order valence-corrected chi connectivity index (χ2v) is 9.54. The van der Waals surface area contributed by atoms with Crippen LogP contribution in [0.4, 0.5) is 5.69 Å².